The molecule has 5 heteroatoms. The number of benzene rings is 2. The van der Waals surface area contributed by atoms with Crippen LogP contribution >= 0.6 is 24.2 Å². The molecule has 2 aromatic rings. The molecule has 0 radical (unpaired) electrons. The molecule has 2 rings (SSSR count). The maximum Gasteiger partial charge on any atom is 0.251 e. The Kier molecular flexibility index (Phi) is 8.00. The Morgan fingerprint density at radius 3 is 2.26 bits per heavy atom. The van der Waals surface area contributed by atoms with Gasteiger partial charge in [-0.2, -0.15) is 0 Å². The van der Waals surface area contributed by atoms with Crippen molar-refractivity contribution in [2.45, 2.75) is 30.4 Å². The third-order valence-electron chi connectivity index (χ3n) is 3.17. The number of amides is 1. The lowest BCUT2D eigenvalue weighted by Crippen LogP contribution is -2.25. The van der Waals surface area contributed by atoms with Gasteiger partial charge in [-0.25, -0.2) is 0 Å². The zero-order valence-corrected chi connectivity index (χ0v) is 15.0. The number of halogens is 1. The second-order valence-electron chi connectivity index (χ2n) is 5.44. The molecule has 0 aliphatic rings. The Bertz CT molecular complexity index is 612. The Labute approximate surface area is 148 Å². The van der Waals surface area contributed by atoms with Crippen LogP contribution in [0, 0.1) is 0 Å². The summed E-state index contributed by atoms with van der Waals surface area (Å²) in [6.07, 6.45) is 0.799. The van der Waals surface area contributed by atoms with E-state index in [2.05, 4.69) is 19.2 Å². The maximum absolute atomic E-state index is 12.1. The average Bonchev–Trinajstić information content (AvgIpc) is 2.49. The van der Waals surface area contributed by atoms with Crippen LogP contribution in [0.1, 0.15) is 29.8 Å². The van der Waals surface area contributed by atoms with Crippen LogP contribution in [0.2, 0.25) is 0 Å². The van der Waals surface area contributed by atoms with Crippen molar-refractivity contribution in [1.82, 2.24) is 5.32 Å². The van der Waals surface area contributed by atoms with Crippen molar-refractivity contribution in [2.24, 2.45) is 0 Å². The standard InChI is InChI=1S/C18H22N2OS.ClH/c1-13(2)22-17-9-5-15(6-10-17)18(21)20-12-11-14-3-7-16(19)8-4-14;/h3-10,13H,11-12,19H2,1-2H3,(H,20,21);1H. The van der Waals surface area contributed by atoms with Gasteiger partial charge < -0.3 is 11.1 Å². The lowest BCUT2D eigenvalue weighted by atomic mass is 10.1. The Morgan fingerprint density at radius 1 is 1.09 bits per heavy atom. The fraction of sp³-hybridized carbons (Fsp3) is 0.278. The molecule has 0 heterocycles. The van der Waals surface area contributed by atoms with E-state index in [-0.39, 0.29) is 18.3 Å². The number of thioether (sulfide) groups is 1. The van der Waals surface area contributed by atoms with Crippen LogP contribution in [0.5, 0.6) is 0 Å². The first kappa shape index (κ1) is 19.4. The van der Waals surface area contributed by atoms with E-state index in [1.54, 1.807) is 11.8 Å². The van der Waals surface area contributed by atoms with E-state index in [1.165, 1.54) is 4.90 Å². The zero-order valence-electron chi connectivity index (χ0n) is 13.4. The van der Waals surface area contributed by atoms with Crippen molar-refractivity contribution in [3.05, 3.63) is 59.7 Å². The van der Waals surface area contributed by atoms with Gasteiger partial charge in [-0.15, -0.1) is 24.2 Å². The summed E-state index contributed by atoms with van der Waals surface area (Å²) in [6, 6.07) is 15.5. The molecule has 2 aromatic carbocycles. The molecule has 0 aromatic heterocycles. The Balaban J connectivity index is 0.00000264. The van der Waals surface area contributed by atoms with Crippen molar-refractivity contribution in [3.63, 3.8) is 0 Å². The summed E-state index contributed by atoms with van der Waals surface area (Å²) in [5.41, 5.74) is 8.27. The lowest BCUT2D eigenvalue weighted by molar-refractivity contribution is 0.0954. The third kappa shape index (κ3) is 6.55. The third-order valence-corrected chi connectivity index (χ3v) is 4.18. The summed E-state index contributed by atoms with van der Waals surface area (Å²) in [7, 11) is 0. The molecule has 0 fully saturated rings. The largest absolute Gasteiger partial charge is 0.399 e. The summed E-state index contributed by atoms with van der Waals surface area (Å²) in [6.45, 7) is 4.93. The minimum absolute atomic E-state index is 0. The van der Waals surface area contributed by atoms with Crippen LogP contribution in [0.4, 0.5) is 5.69 Å². The second kappa shape index (κ2) is 9.48. The molecule has 0 saturated carbocycles. The van der Waals surface area contributed by atoms with Gasteiger partial charge in [0.25, 0.3) is 5.91 Å². The maximum atomic E-state index is 12.1. The van der Waals surface area contributed by atoms with Crippen molar-refractivity contribution >= 4 is 35.8 Å². The first-order valence-corrected chi connectivity index (χ1v) is 8.32. The quantitative estimate of drug-likeness (QED) is 0.607. The van der Waals surface area contributed by atoms with Gasteiger partial charge in [0.05, 0.1) is 0 Å². The normalized spacial score (nSPS) is 10.2. The number of carbonyl (C=O) groups excluding carboxylic acids is 1. The molecule has 3 nitrogen and oxygen atoms in total. The van der Waals surface area contributed by atoms with Gasteiger partial charge in [-0.1, -0.05) is 26.0 Å². The first-order chi connectivity index (χ1) is 10.5. The van der Waals surface area contributed by atoms with E-state index in [1.807, 2.05) is 48.5 Å². The van der Waals surface area contributed by atoms with E-state index in [0.29, 0.717) is 17.4 Å². The molecule has 0 saturated heterocycles. The van der Waals surface area contributed by atoms with Crippen LogP contribution in [0.3, 0.4) is 0 Å². The molecule has 124 valence electrons. The predicted octanol–water partition coefficient (Wildman–Crippen LogP) is 4.16. The summed E-state index contributed by atoms with van der Waals surface area (Å²) in [4.78, 5) is 13.3. The van der Waals surface area contributed by atoms with E-state index in [9.17, 15) is 4.79 Å². The molecule has 1 amide bonds. The van der Waals surface area contributed by atoms with Crippen molar-refractivity contribution in [1.29, 1.82) is 0 Å². The zero-order chi connectivity index (χ0) is 15.9. The highest BCUT2D eigenvalue weighted by Crippen LogP contribution is 2.22. The highest BCUT2D eigenvalue weighted by Gasteiger charge is 2.05. The number of hydrogen-bond acceptors (Lipinski definition) is 3. The fourth-order valence-electron chi connectivity index (χ4n) is 2.06. The number of nitrogens with one attached hydrogen (secondary N) is 1. The highest BCUT2D eigenvalue weighted by atomic mass is 35.5. The van der Waals surface area contributed by atoms with Crippen molar-refractivity contribution in [2.75, 3.05) is 12.3 Å². The van der Waals surface area contributed by atoms with Crippen LogP contribution in [0.25, 0.3) is 0 Å². The molecule has 0 bridgehead atoms. The van der Waals surface area contributed by atoms with E-state index < -0.39 is 0 Å². The van der Waals surface area contributed by atoms with Gasteiger partial charge >= 0.3 is 0 Å². The summed E-state index contributed by atoms with van der Waals surface area (Å²) >= 11 is 1.79. The van der Waals surface area contributed by atoms with Crippen LogP contribution in [-0.2, 0) is 6.42 Å². The monoisotopic (exact) mass is 350 g/mol. The van der Waals surface area contributed by atoms with Gasteiger partial charge in [-0.05, 0) is 48.4 Å². The minimum Gasteiger partial charge on any atom is -0.399 e. The molecule has 0 atom stereocenters. The van der Waals surface area contributed by atoms with Gasteiger partial charge in [0.15, 0.2) is 0 Å². The number of hydrogen-bond donors (Lipinski definition) is 2. The number of nitrogens with two attached hydrogens (primary N) is 1. The average molecular weight is 351 g/mol. The molecule has 0 unspecified atom stereocenters. The first-order valence-electron chi connectivity index (χ1n) is 7.44. The van der Waals surface area contributed by atoms with Gasteiger partial charge in [0.2, 0.25) is 0 Å². The Hall–Kier alpha value is -1.65. The highest BCUT2D eigenvalue weighted by molar-refractivity contribution is 7.99. The minimum atomic E-state index is -0.0310. The molecule has 3 N–H and O–H groups in total. The van der Waals surface area contributed by atoms with Crippen LogP contribution < -0.4 is 11.1 Å². The van der Waals surface area contributed by atoms with Crippen LogP contribution in [0.15, 0.2) is 53.4 Å². The SMILES string of the molecule is CC(C)Sc1ccc(C(=O)NCCc2ccc(N)cc2)cc1.Cl. The van der Waals surface area contributed by atoms with Gasteiger partial charge in [0, 0.05) is 27.9 Å². The molecule has 0 aliphatic carbocycles. The summed E-state index contributed by atoms with van der Waals surface area (Å²) in [5.74, 6) is -0.0310. The second-order valence-corrected chi connectivity index (χ2v) is 7.09. The topological polar surface area (TPSA) is 55.1 Å². The summed E-state index contributed by atoms with van der Waals surface area (Å²) in [5, 5.41) is 3.49. The van der Waals surface area contributed by atoms with Gasteiger partial charge in [-0.3, -0.25) is 4.79 Å². The number of nitrogen functional groups attached to an aromatic ring is 1. The van der Waals surface area contributed by atoms with Crippen molar-refractivity contribution in [3.8, 4) is 0 Å². The fourth-order valence-corrected chi connectivity index (χ4v) is 2.90. The molecule has 0 aliphatic heterocycles. The smallest absolute Gasteiger partial charge is 0.251 e. The molecular formula is C18H23ClN2OS. The molecule has 23 heavy (non-hydrogen) atoms. The Morgan fingerprint density at radius 2 is 1.70 bits per heavy atom. The van der Waals surface area contributed by atoms with E-state index in [4.69, 9.17) is 5.73 Å². The van der Waals surface area contributed by atoms with E-state index >= 15 is 0 Å². The molecular weight excluding hydrogens is 328 g/mol. The lowest BCUT2D eigenvalue weighted by Gasteiger charge is -2.08. The van der Waals surface area contributed by atoms with Crippen molar-refractivity contribution < 1.29 is 4.79 Å². The van der Waals surface area contributed by atoms with Crippen LogP contribution in [-0.4, -0.2) is 17.7 Å². The number of anilines is 1. The van der Waals surface area contributed by atoms with Gasteiger partial charge in [0.1, 0.15) is 0 Å². The predicted molar refractivity (Wildman–Crippen MR) is 102 cm³/mol. The molecule has 0 spiro atoms. The summed E-state index contributed by atoms with van der Waals surface area (Å²) < 4.78 is 0. The number of carbonyl (C=O) groups is 1. The van der Waals surface area contributed by atoms with E-state index in [0.717, 1.165) is 17.7 Å². The number of rotatable bonds is 6.